The number of rotatable bonds is 35. The molecule has 34 heteroatoms. The van der Waals surface area contributed by atoms with Crippen LogP contribution >= 0.6 is 0 Å². The Morgan fingerprint density at radius 3 is 1.07 bits per heavy atom. The number of aliphatic carboxylic acids is 1. The third-order valence-electron chi connectivity index (χ3n) is 15.6. The van der Waals surface area contributed by atoms with Gasteiger partial charge in [0.15, 0.2) is 17.3 Å². The van der Waals surface area contributed by atoms with Gasteiger partial charge in [-0.05, 0) is 169 Å². The van der Waals surface area contributed by atoms with E-state index in [1.54, 1.807) is 179 Å². The molecule has 8 aromatic rings. The summed E-state index contributed by atoms with van der Waals surface area (Å²) in [4.78, 5) is 124. The zero-order valence-corrected chi connectivity index (χ0v) is 71.0. The van der Waals surface area contributed by atoms with Gasteiger partial charge in [-0.15, -0.1) is 0 Å². The maximum atomic E-state index is 13.2. The molecule has 0 radical (unpaired) electrons. The fourth-order valence-corrected chi connectivity index (χ4v) is 9.85. The van der Waals surface area contributed by atoms with Crippen molar-refractivity contribution in [2.75, 3.05) is 83.1 Å². The molecule has 4 heterocycles. The van der Waals surface area contributed by atoms with E-state index in [1.165, 1.54) is 57.9 Å². The maximum Gasteiger partial charge on any atom is 0.408 e. The number of aromatic carboxylic acids is 1. The Morgan fingerprint density at radius 2 is 0.775 bits per heavy atom. The van der Waals surface area contributed by atoms with E-state index in [9.17, 15) is 43.5 Å². The number of aryl methyl sites for hydroxylation is 2. The van der Waals surface area contributed by atoms with E-state index in [0.717, 1.165) is 43.2 Å². The largest absolute Gasteiger partial charge is 0.490 e. The molecule has 120 heavy (non-hydrogen) atoms. The van der Waals surface area contributed by atoms with Crippen molar-refractivity contribution < 1.29 is 96.3 Å². The number of benzene rings is 4. The van der Waals surface area contributed by atoms with Crippen LogP contribution < -0.4 is 46.1 Å². The Labute approximate surface area is 700 Å². The predicted molar refractivity (Wildman–Crippen MR) is 451 cm³/mol. The monoisotopic (exact) mass is 1660 g/mol. The smallest absolute Gasteiger partial charge is 0.408 e. The number of carboxylic acids is 2. The summed E-state index contributed by atoms with van der Waals surface area (Å²) in [5, 5.41) is 37.7. The van der Waals surface area contributed by atoms with Crippen LogP contribution in [-0.4, -0.2) is 221 Å². The van der Waals surface area contributed by atoms with Gasteiger partial charge in [-0.25, -0.2) is 59.2 Å². The molecular formula is C86H114N14O20. The summed E-state index contributed by atoms with van der Waals surface area (Å²) in [6.45, 7) is 30.0. The summed E-state index contributed by atoms with van der Waals surface area (Å²) in [5.74, 6) is 0.210. The van der Waals surface area contributed by atoms with Crippen LogP contribution in [0.5, 0.6) is 23.0 Å². The average molecular weight is 1660 g/mol. The minimum Gasteiger partial charge on any atom is -0.490 e. The Kier molecular flexibility index (Phi) is 44.9. The SMILES string of the molecule is C=CCOc1ccc(C[C@H](N)C(=O)N(C)OC)cc1.C=CCOc1ccc(C[C@H](NC(=O)OC(C)(C)C)C(=O)N(C)OC)cc1.C=CCOc1ccc(C[C@H](NC(=O)OC(C)(C)C)C(=O)O)cc1.C=CCOc1ccc(C[C@H](NC(=O)c2cc(C)nn2-c2ccccn2)C(=O)N(C)OC)cc1.CNOC.Cc1cc(C(=O)O)n(-c2ccccn2)n1. The number of alkyl carbamates (subject to hydrolysis) is 2. The van der Waals surface area contributed by atoms with Gasteiger partial charge in [0.05, 0.1) is 45.9 Å². The zero-order valence-electron chi connectivity index (χ0n) is 71.0. The van der Waals surface area contributed by atoms with E-state index in [2.05, 4.69) is 72.7 Å². The lowest BCUT2D eigenvalue weighted by atomic mass is 10.0. The molecule has 8 rings (SSSR count). The summed E-state index contributed by atoms with van der Waals surface area (Å²) in [6.07, 6.45) is 9.59. The van der Waals surface area contributed by atoms with Crippen LogP contribution in [0.2, 0.25) is 0 Å². The third kappa shape index (κ3) is 38.3. The second-order valence-corrected chi connectivity index (χ2v) is 27.5. The van der Waals surface area contributed by atoms with E-state index in [1.807, 2.05) is 66.7 Å². The number of carbonyl (C=O) groups is 8. The van der Waals surface area contributed by atoms with Crippen LogP contribution in [0.4, 0.5) is 9.59 Å². The number of carboxylic acid groups (broad SMARTS) is 2. The van der Waals surface area contributed by atoms with Crippen molar-refractivity contribution in [2.45, 2.75) is 116 Å². The molecule has 8 N–H and O–H groups in total. The minimum absolute atomic E-state index is 0.117. The van der Waals surface area contributed by atoms with Crippen molar-refractivity contribution in [3.63, 3.8) is 0 Å². The van der Waals surface area contributed by atoms with E-state index in [4.69, 9.17) is 53.8 Å². The number of carbonyl (C=O) groups excluding carboxylic acids is 6. The van der Waals surface area contributed by atoms with Gasteiger partial charge < -0.3 is 65.2 Å². The standard InChI is InChI=1S/C24H27N5O4.C19H28N2O5.C17H23NO5.C14H20N2O3.C10H9N3O2.C2H7NO/c1-5-14-33-19-11-9-18(10-12-19)16-20(24(31)28(3)32-4)26-23(30)21-15-17(2)27-29(21)22-8-6-7-13-25-22;1-7-12-25-15-10-8-14(9-11-15)13-16(17(22)21(5)24-6)20-18(23)26-19(2,3)4;1-5-10-22-13-8-6-12(7-9-13)11-14(15(19)20)18-16(21)23-17(2,3)4;1-4-9-19-12-7-5-11(6-8-12)10-13(15)14(17)16(2)18-3;1-7-6-8(10(14)15)13(12-7)9-4-2-3-5-11-9;1-3-4-2/h5-13,15,20H,1,14,16H2,2-4H3,(H,26,30);7-11,16H,1,12-13H2,2-6H3,(H,20,23);5-9,14H,1,10-11H2,2-4H3,(H,18,21)(H,19,20);4-8,13H,1,9-10,15H2,2-3H3;2-6H,1H3,(H,14,15);3H,1-2H3/t20-;16-;14-;13-;;/m0000../s1. The quantitative estimate of drug-likeness (QED) is 0.0143. The normalized spacial score (nSPS) is 11.5. The molecule has 648 valence electrons. The Balaban J connectivity index is 0.000000391. The van der Waals surface area contributed by atoms with E-state index < -0.39 is 71.3 Å². The molecule has 0 spiro atoms. The molecular weight excluding hydrogens is 1550 g/mol. The molecule has 0 fully saturated rings. The fraction of sp³-hybridized carbons (Fsp3) is 0.349. The van der Waals surface area contributed by atoms with Gasteiger partial charge in [0.1, 0.15) is 84.4 Å². The summed E-state index contributed by atoms with van der Waals surface area (Å²) in [7, 11) is 12.0. The van der Waals surface area contributed by atoms with Crippen molar-refractivity contribution in [3.05, 3.63) is 254 Å². The van der Waals surface area contributed by atoms with Gasteiger partial charge in [0.25, 0.3) is 23.6 Å². The summed E-state index contributed by atoms with van der Waals surface area (Å²) in [5.41, 5.74) is 12.0. The first kappa shape index (κ1) is 101. The van der Waals surface area contributed by atoms with Crippen LogP contribution in [0.25, 0.3) is 11.6 Å². The van der Waals surface area contributed by atoms with Crippen LogP contribution in [0.15, 0.2) is 209 Å². The fourth-order valence-electron chi connectivity index (χ4n) is 9.85. The molecule has 6 amide bonds. The van der Waals surface area contributed by atoms with E-state index in [0.29, 0.717) is 73.1 Å². The van der Waals surface area contributed by atoms with E-state index >= 15 is 0 Å². The second kappa shape index (κ2) is 53.3. The van der Waals surface area contributed by atoms with Crippen molar-refractivity contribution in [3.8, 4) is 34.6 Å². The lowest BCUT2D eigenvalue weighted by Gasteiger charge is -2.25. The maximum absolute atomic E-state index is 13.2. The summed E-state index contributed by atoms with van der Waals surface area (Å²) < 4.78 is 34.8. The number of nitrogens with two attached hydrogens (primary N) is 1. The number of nitrogens with one attached hydrogen (secondary N) is 4. The molecule has 0 saturated heterocycles. The molecule has 0 saturated carbocycles. The van der Waals surface area contributed by atoms with Crippen molar-refractivity contribution in [1.29, 1.82) is 0 Å². The lowest BCUT2D eigenvalue weighted by Crippen LogP contribution is -2.49. The molecule has 0 bridgehead atoms. The molecule has 0 aliphatic carbocycles. The number of likely N-dealkylation sites (N-methyl/N-ethyl adjacent to an activating group) is 3. The number of hydrogen-bond donors (Lipinski definition) is 7. The highest BCUT2D eigenvalue weighted by Crippen LogP contribution is 2.21. The third-order valence-corrected chi connectivity index (χ3v) is 15.6. The van der Waals surface area contributed by atoms with Crippen molar-refractivity contribution >= 4 is 47.8 Å². The van der Waals surface area contributed by atoms with Crippen molar-refractivity contribution in [2.24, 2.45) is 5.73 Å². The Hall–Kier alpha value is -13.1. The first-order chi connectivity index (χ1) is 57.0. The first-order valence-electron chi connectivity index (χ1n) is 37.4. The molecule has 0 aliphatic heterocycles. The zero-order chi connectivity index (χ0) is 89.5. The highest BCUT2D eigenvalue weighted by molar-refractivity contribution is 5.97. The predicted octanol–water partition coefficient (Wildman–Crippen LogP) is 10.2. The van der Waals surface area contributed by atoms with Gasteiger partial charge in [-0.1, -0.05) is 111 Å². The highest BCUT2D eigenvalue weighted by Gasteiger charge is 2.30. The van der Waals surface area contributed by atoms with Gasteiger partial charge in [0, 0.05) is 59.8 Å². The number of aromatic nitrogens is 6. The number of pyridine rings is 2. The van der Waals surface area contributed by atoms with Gasteiger partial charge >= 0.3 is 24.1 Å². The van der Waals surface area contributed by atoms with Crippen LogP contribution in [0.1, 0.15) is 96.2 Å². The Bertz CT molecular complexity index is 4480. The van der Waals surface area contributed by atoms with Crippen molar-refractivity contribution in [1.82, 2.24) is 66.1 Å². The molecule has 4 atom stereocenters. The van der Waals surface area contributed by atoms with Gasteiger partial charge in [-0.2, -0.15) is 10.2 Å². The Morgan fingerprint density at radius 1 is 0.467 bits per heavy atom. The summed E-state index contributed by atoms with van der Waals surface area (Å²) in [6, 6.07) is 39.4. The minimum atomic E-state index is -1.12. The number of hydroxylamine groups is 7. The van der Waals surface area contributed by atoms with Crippen LogP contribution in [0, 0.1) is 13.8 Å². The second-order valence-electron chi connectivity index (χ2n) is 27.5. The van der Waals surface area contributed by atoms with E-state index in [-0.39, 0.29) is 42.5 Å². The van der Waals surface area contributed by atoms with Crippen LogP contribution in [-0.2, 0) is 73.7 Å². The first-order valence-corrected chi connectivity index (χ1v) is 37.4. The molecule has 34 nitrogen and oxygen atoms in total. The number of amides is 6. The van der Waals surface area contributed by atoms with Gasteiger partial charge in [-0.3, -0.25) is 33.7 Å². The average Bonchev–Trinajstić information content (AvgIpc) is 1.60. The number of hydrogen-bond acceptors (Lipinski definition) is 24. The molecule has 0 unspecified atom stereocenters. The molecule has 4 aromatic heterocycles. The molecule has 4 aromatic carbocycles. The lowest BCUT2D eigenvalue weighted by molar-refractivity contribution is -0.171. The number of nitrogens with zero attached hydrogens (tertiary/aromatic N) is 9. The topological polar surface area (TPSA) is 415 Å². The summed E-state index contributed by atoms with van der Waals surface area (Å²) >= 11 is 0. The van der Waals surface area contributed by atoms with Gasteiger partial charge in [0.2, 0.25) is 0 Å². The molecule has 0 aliphatic rings. The number of ether oxygens (including phenoxy) is 6. The highest BCUT2D eigenvalue weighted by atomic mass is 16.7. The van der Waals surface area contributed by atoms with Crippen LogP contribution in [0.3, 0.4) is 0 Å².